The van der Waals surface area contributed by atoms with E-state index in [1.165, 1.54) is 12.1 Å². The van der Waals surface area contributed by atoms with Crippen LogP contribution in [0.2, 0.25) is 0 Å². The minimum Gasteiger partial charge on any atom is -0.340 e. The summed E-state index contributed by atoms with van der Waals surface area (Å²) in [7, 11) is 0. The van der Waals surface area contributed by atoms with Crippen molar-refractivity contribution < 1.29 is 4.79 Å². The van der Waals surface area contributed by atoms with Gasteiger partial charge >= 0.3 is 0 Å². The zero-order valence-corrected chi connectivity index (χ0v) is 11.9. The van der Waals surface area contributed by atoms with Crippen molar-refractivity contribution in [1.29, 1.82) is 5.26 Å². The largest absolute Gasteiger partial charge is 0.340 e. The number of anilines is 1. The van der Waals surface area contributed by atoms with Crippen molar-refractivity contribution >= 4 is 11.6 Å². The molecule has 5 nitrogen and oxygen atoms in total. The summed E-state index contributed by atoms with van der Waals surface area (Å²) in [6.07, 6.45) is 0. The Morgan fingerprint density at radius 2 is 1.86 bits per heavy atom. The van der Waals surface area contributed by atoms with Crippen molar-refractivity contribution in [1.82, 2.24) is 4.57 Å². The van der Waals surface area contributed by atoms with E-state index in [2.05, 4.69) is 5.32 Å². The van der Waals surface area contributed by atoms with Crippen LogP contribution < -0.4 is 10.7 Å². The third kappa shape index (κ3) is 3.37. The fourth-order valence-corrected chi connectivity index (χ4v) is 2.16. The lowest BCUT2D eigenvalue weighted by Gasteiger charge is -2.14. The number of nitrogens with zero attached hydrogens (tertiary/aromatic N) is 2. The number of nitrogens with one attached hydrogen (secondary N) is 1. The highest BCUT2D eigenvalue weighted by atomic mass is 16.2. The highest BCUT2D eigenvalue weighted by Gasteiger charge is 2.09. The zero-order valence-electron chi connectivity index (χ0n) is 11.9. The monoisotopic (exact) mass is 281 g/mol. The first kappa shape index (κ1) is 14.5. The van der Waals surface area contributed by atoms with Crippen LogP contribution in [0.3, 0.4) is 0 Å². The average molecular weight is 281 g/mol. The van der Waals surface area contributed by atoms with E-state index in [-0.39, 0.29) is 17.9 Å². The van der Waals surface area contributed by atoms with Crippen molar-refractivity contribution in [2.75, 3.05) is 5.32 Å². The predicted molar refractivity (Wildman–Crippen MR) is 80.0 cm³/mol. The number of carbonyl (C=O) groups excluding carboxylic acids is 1. The molecular formula is C16H15N3O2. The molecule has 0 aliphatic rings. The Labute approximate surface area is 122 Å². The minimum atomic E-state index is -0.243. The number of para-hydroxylation sites is 1. The second-order valence-corrected chi connectivity index (χ2v) is 4.77. The molecule has 0 saturated heterocycles. The minimum absolute atomic E-state index is 0.0727. The van der Waals surface area contributed by atoms with Crippen LogP contribution in [0.15, 0.2) is 41.2 Å². The van der Waals surface area contributed by atoms with Gasteiger partial charge in [-0.05, 0) is 26.0 Å². The van der Waals surface area contributed by atoms with Crippen LogP contribution in [0.1, 0.15) is 17.0 Å². The number of rotatable bonds is 3. The number of amides is 1. The Morgan fingerprint density at radius 1 is 1.24 bits per heavy atom. The molecule has 0 aliphatic heterocycles. The van der Waals surface area contributed by atoms with Gasteiger partial charge in [0.25, 0.3) is 0 Å². The van der Waals surface area contributed by atoms with Gasteiger partial charge in [-0.25, -0.2) is 0 Å². The molecule has 1 aromatic heterocycles. The van der Waals surface area contributed by atoms with Gasteiger partial charge < -0.3 is 9.88 Å². The molecule has 0 radical (unpaired) electrons. The van der Waals surface area contributed by atoms with Crippen molar-refractivity contribution in [3.63, 3.8) is 0 Å². The molecule has 1 N–H and O–H groups in total. The number of pyridine rings is 1. The van der Waals surface area contributed by atoms with Gasteiger partial charge in [0, 0.05) is 23.5 Å². The molecule has 0 saturated carbocycles. The maximum absolute atomic E-state index is 12.1. The van der Waals surface area contributed by atoms with E-state index in [1.807, 2.05) is 6.07 Å². The topological polar surface area (TPSA) is 74.9 Å². The van der Waals surface area contributed by atoms with Crippen molar-refractivity contribution in [2.45, 2.75) is 20.4 Å². The molecule has 1 aromatic carbocycles. The van der Waals surface area contributed by atoms with E-state index >= 15 is 0 Å². The van der Waals surface area contributed by atoms with Crippen LogP contribution in [0, 0.1) is 25.2 Å². The molecule has 5 heteroatoms. The summed E-state index contributed by atoms with van der Waals surface area (Å²) >= 11 is 0. The number of benzene rings is 1. The molecule has 0 atom stereocenters. The summed E-state index contributed by atoms with van der Waals surface area (Å²) in [4.78, 5) is 23.5. The fraction of sp³-hybridized carbons (Fsp3) is 0.188. The molecule has 0 bridgehead atoms. The molecule has 106 valence electrons. The van der Waals surface area contributed by atoms with Crippen molar-refractivity contribution in [3.05, 3.63) is 63.6 Å². The van der Waals surface area contributed by atoms with Gasteiger partial charge in [0.05, 0.1) is 11.3 Å². The Bertz CT molecular complexity index is 759. The summed E-state index contributed by atoms with van der Waals surface area (Å²) in [5.74, 6) is -0.243. The van der Waals surface area contributed by atoms with Gasteiger partial charge in [-0.2, -0.15) is 5.26 Å². The second kappa shape index (κ2) is 6.06. The average Bonchev–Trinajstić information content (AvgIpc) is 2.43. The molecule has 0 fully saturated rings. The van der Waals surface area contributed by atoms with E-state index in [9.17, 15) is 9.59 Å². The van der Waals surface area contributed by atoms with E-state index in [0.717, 1.165) is 11.4 Å². The van der Waals surface area contributed by atoms with Gasteiger partial charge in [-0.1, -0.05) is 12.1 Å². The first-order chi connectivity index (χ1) is 10.0. The lowest BCUT2D eigenvalue weighted by atomic mass is 10.2. The maximum Gasteiger partial charge on any atom is 0.244 e. The lowest BCUT2D eigenvalue weighted by Crippen LogP contribution is -2.23. The highest BCUT2D eigenvalue weighted by Crippen LogP contribution is 2.13. The molecule has 0 spiro atoms. The van der Waals surface area contributed by atoms with Gasteiger partial charge in [0.1, 0.15) is 12.6 Å². The van der Waals surface area contributed by atoms with Gasteiger partial charge in [0.15, 0.2) is 5.43 Å². The van der Waals surface area contributed by atoms with Gasteiger partial charge in [0.2, 0.25) is 5.91 Å². The number of aryl methyl sites for hydroxylation is 2. The smallest absolute Gasteiger partial charge is 0.244 e. The number of nitriles is 1. The van der Waals surface area contributed by atoms with Gasteiger partial charge in [-0.3, -0.25) is 9.59 Å². The Balaban J connectivity index is 2.20. The van der Waals surface area contributed by atoms with Crippen LogP contribution in [-0.2, 0) is 11.3 Å². The van der Waals surface area contributed by atoms with E-state index < -0.39 is 0 Å². The SMILES string of the molecule is Cc1cc(=O)cc(C)n1CC(=O)Nc1ccccc1C#N. The summed E-state index contributed by atoms with van der Waals surface area (Å²) in [6.45, 7) is 3.66. The molecular weight excluding hydrogens is 266 g/mol. The first-order valence-corrected chi connectivity index (χ1v) is 6.48. The van der Waals surface area contributed by atoms with Crippen LogP contribution in [0.25, 0.3) is 0 Å². The molecule has 1 amide bonds. The summed E-state index contributed by atoms with van der Waals surface area (Å²) in [5, 5.41) is 11.7. The fourth-order valence-electron chi connectivity index (χ4n) is 2.16. The van der Waals surface area contributed by atoms with Gasteiger partial charge in [-0.15, -0.1) is 0 Å². The summed E-state index contributed by atoms with van der Waals surface area (Å²) < 4.78 is 1.76. The maximum atomic E-state index is 12.1. The predicted octanol–water partition coefficient (Wildman–Crippen LogP) is 1.98. The van der Waals surface area contributed by atoms with Crippen LogP contribution in [0.4, 0.5) is 5.69 Å². The molecule has 0 unspecified atom stereocenters. The molecule has 0 aliphatic carbocycles. The molecule has 21 heavy (non-hydrogen) atoms. The Hall–Kier alpha value is -2.87. The molecule has 2 rings (SSSR count). The Kier molecular flexibility index (Phi) is 4.19. The number of hydrogen-bond acceptors (Lipinski definition) is 3. The van der Waals surface area contributed by atoms with E-state index in [4.69, 9.17) is 5.26 Å². The molecule has 1 heterocycles. The summed E-state index contributed by atoms with van der Waals surface area (Å²) in [6, 6.07) is 11.8. The number of carbonyl (C=O) groups is 1. The van der Waals surface area contributed by atoms with Crippen molar-refractivity contribution in [3.8, 4) is 6.07 Å². The molecule has 2 aromatic rings. The lowest BCUT2D eigenvalue weighted by molar-refractivity contribution is -0.116. The van der Waals surface area contributed by atoms with E-state index in [1.54, 1.807) is 42.7 Å². The Morgan fingerprint density at radius 3 is 2.48 bits per heavy atom. The number of aromatic nitrogens is 1. The second-order valence-electron chi connectivity index (χ2n) is 4.77. The van der Waals surface area contributed by atoms with Crippen LogP contribution >= 0.6 is 0 Å². The zero-order chi connectivity index (χ0) is 15.4. The van der Waals surface area contributed by atoms with E-state index in [0.29, 0.717) is 11.3 Å². The third-order valence-corrected chi connectivity index (χ3v) is 3.18. The van der Waals surface area contributed by atoms with Crippen molar-refractivity contribution in [2.24, 2.45) is 0 Å². The normalized spacial score (nSPS) is 9.95. The quantitative estimate of drug-likeness (QED) is 0.934. The van der Waals surface area contributed by atoms with Crippen LogP contribution in [0.5, 0.6) is 0 Å². The van der Waals surface area contributed by atoms with Crippen LogP contribution in [-0.4, -0.2) is 10.5 Å². The first-order valence-electron chi connectivity index (χ1n) is 6.48. The third-order valence-electron chi connectivity index (χ3n) is 3.18. The highest BCUT2D eigenvalue weighted by molar-refractivity contribution is 5.92. The number of hydrogen-bond donors (Lipinski definition) is 1. The standard InChI is InChI=1S/C16H15N3O2/c1-11-7-14(20)8-12(2)19(11)10-16(21)18-15-6-4-3-5-13(15)9-17/h3-8H,10H2,1-2H3,(H,18,21). The summed E-state index contributed by atoms with van der Waals surface area (Å²) in [5.41, 5.74) is 2.28.